The van der Waals surface area contributed by atoms with Gasteiger partial charge in [-0.2, -0.15) is 0 Å². The fourth-order valence-corrected chi connectivity index (χ4v) is 1.95. The minimum atomic E-state index is -2.60. The molecule has 0 saturated carbocycles. The second-order valence-electron chi connectivity index (χ2n) is 3.50. The number of nitrogens with two attached hydrogens (primary N) is 1. The van der Waals surface area contributed by atoms with Crippen LogP contribution in [0.15, 0.2) is 17.0 Å². The third-order valence-corrected chi connectivity index (χ3v) is 2.87. The first-order valence-corrected chi connectivity index (χ1v) is 5.98. The molecule has 3 nitrogen and oxygen atoms in total. The van der Waals surface area contributed by atoms with Crippen LogP contribution in [0.4, 0.5) is 0 Å². The molecule has 0 aliphatic carbocycles. The highest BCUT2D eigenvalue weighted by Crippen LogP contribution is 2.34. The molecular weight excluding hydrogens is 258 g/mol. The molecule has 0 amide bonds. The van der Waals surface area contributed by atoms with Gasteiger partial charge in [-0.05, 0) is 37.3 Å². The van der Waals surface area contributed by atoms with E-state index >= 15 is 0 Å². The molecule has 1 rings (SSSR count). The third-order valence-electron chi connectivity index (χ3n) is 2.11. The monoisotopic (exact) mass is 283 g/mol. The second-order valence-corrected chi connectivity index (χ2v) is 4.34. The van der Waals surface area contributed by atoms with Crippen molar-refractivity contribution in [2.24, 2.45) is 5.73 Å². The highest BCUT2D eigenvalue weighted by molar-refractivity contribution is 7.98. The van der Waals surface area contributed by atoms with E-state index in [0.717, 1.165) is 0 Å². The van der Waals surface area contributed by atoms with Crippen LogP contribution in [0.2, 0.25) is 0 Å². The summed E-state index contributed by atoms with van der Waals surface area (Å²) in [7, 11) is -5.20. The largest absolute Gasteiger partial charge is 0.496 e. The van der Waals surface area contributed by atoms with Gasteiger partial charge in [-0.25, -0.2) is 0 Å². The zero-order valence-corrected chi connectivity index (χ0v) is 11.3. The minimum Gasteiger partial charge on any atom is -0.496 e. The number of ether oxygens (including phenoxy) is 2. The standard InChI is InChI=1S/C12H19NO2S.ClH/c1-8(13)5-9-6-11(15-3)12(16-4)7-10(9)14-2;/h6-8H,5,13H2,1-4H3;1H/t8-;/m0./s1/i2D3,3D3;. The van der Waals surface area contributed by atoms with Gasteiger partial charge in [0.15, 0.2) is 0 Å². The highest BCUT2D eigenvalue weighted by atomic mass is 35.5. The molecule has 1 aromatic carbocycles. The Morgan fingerprint density at radius 2 is 2.00 bits per heavy atom. The quantitative estimate of drug-likeness (QED) is 0.844. The van der Waals surface area contributed by atoms with Crippen LogP contribution in [-0.2, 0) is 6.42 Å². The first-order valence-electron chi connectivity index (χ1n) is 7.76. The van der Waals surface area contributed by atoms with Crippen molar-refractivity contribution < 1.29 is 17.7 Å². The Balaban J connectivity index is 0.00000484. The smallest absolute Gasteiger partial charge is 0.132 e. The average Bonchev–Trinajstić information content (AvgIpc) is 2.27. The van der Waals surface area contributed by atoms with Gasteiger partial charge in [-0.3, -0.25) is 0 Å². The van der Waals surface area contributed by atoms with E-state index in [0.29, 0.717) is 16.9 Å². The van der Waals surface area contributed by atoms with Crippen molar-refractivity contribution >= 4 is 24.2 Å². The van der Waals surface area contributed by atoms with Gasteiger partial charge < -0.3 is 15.2 Å². The first-order chi connectivity index (χ1) is 9.91. The molecule has 17 heavy (non-hydrogen) atoms. The van der Waals surface area contributed by atoms with Crippen LogP contribution in [0.1, 0.15) is 20.7 Å². The predicted octanol–water partition coefficient (Wildman–Crippen LogP) is 2.74. The second kappa shape index (κ2) is 7.69. The van der Waals surface area contributed by atoms with Crippen molar-refractivity contribution in [3.63, 3.8) is 0 Å². The van der Waals surface area contributed by atoms with E-state index in [4.69, 9.17) is 23.4 Å². The van der Waals surface area contributed by atoms with Gasteiger partial charge >= 0.3 is 0 Å². The minimum absolute atomic E-state index is 0. The summed E-state index contributed by atoms with van der Waals surface area (Å²) < 4.78 is 53.3. The van der Waals surface area contributed by atoms with Crippen LogP contribution in [-0.4, -0.2) is 26.4 Å². The molecule has 0 aromatic heterocycles. The fraction of sp³-hybridized carbons (Fsp3) is 0.500. The zero-order valence-electron chi connectivity index (χ0n) is 15.6. The Morgan fingerprint density at radius 3 is 2.53 bits per heavy atom. The van der Waals surface area contributed by atoms with E-state index in [1.165, 1.54) is 23.9 Å². The van der Waals surface area contributed by atoms with E-state index in [1.807, 2.05) is 0 Å². The highest BCUT2D eigenvalue weighted by Gasteiger charge is 2.11. The van der Waals surface area contributed by atoms with Crippen LogP contribution < -0.4 is 15.2 Å². The Labute approximate surface area is 122 Å². The predicted molar refractivity (Wildman–Crippen MR) is 75.9 cm³/mol. The summed E-state index contributed by atoms with van der Waals surface area (Å²) in [5.74, 6) is 0.306. The number of hydrogen-bond donors (Lipinski definition) is 1. The van der Waals surface area contributed by atoms with Crippen LogP contribution in [0, 0.1) is 0 Å². The maximum Gasteiger partial charge on any atom is 0.132 e. The van der Waals surface area contributed by atoms with Crippen LogP contribution in [0.25, 0.3) is 0 Å². The molecule has 0 heterocycles. The van der Waals surface area contributed by atoms with E-state index in [2.05, 4.69) is 0 Å². The van der Waals surface area contributed by atoms with Gasteiger partial charge in [-0.1, -0.05) is 0 Å². The lowest BCUT2D eigenvalue weighted by Gasteiger charge is -2.15. The van der Waals surface area contributed by atoms with Gasteiger partial charge in [0, 0.05) is 6.04 Å². The number of thioether (sulfide) groups is 1. The van der Waals surface area contributed by atoms with Crippen molar-refractivity contribution in [3.8, 4) is 11.5 Å². The van der Waals surface area contributed by atoms with Gasteiger partial charge in [0.2, 0.25) is 0 Å². The van der Waals surface area contributed by atoms with Crippen molar-refractivity contribution in [2.75, 3.05) is 20.3 Å². The summed E-state index contributed by atoms with van der Waals surface area (Å²) >= 11 is 1.23. The Kier molecular flexibility index (Phi) is 3.85. The molecule has 0 radical (unpaired) electrons. The third kappa shape index (κ3) is 4.30. The summed E-state index contributed by atoms with van der Waals surface area (Å²) in [5, 5.41) is 0. The molecule has 0 saturated heterocycles. The molecule has 0 fully saturated rings. The molecule has 5 heteroatoms. The fourth-order valence-electron chi connectivity index (χ4n) is 1.42. The number of benzene rings is 1. The van der Waals surface area contributed by atoms with Gasteiger partial charge in [-0.15, -0.1) is 24.2 Å². The van der Waals surface area contributed by atoms with E-state index in [1.54, 1.807) is 13.2 Å². The van der Waals surface area contributed by atoms with E-state index in [9.17, 15) is 0 Å². The molecule has 0 aliphatic rings. The lowest BCUT2D eigenvalue weighted by atomic mass is 10.1. The van der Waals surface area contributed by atoms with Crippen LogP contribution in [0.5, 0.6) is 11.5 Å². The van der Waals surface area contributed by atoms with E-state index < -0.39 is 14.1 Å². The summed E-state index contributed by atoms with van der Waals surface area (Å²) in [5.41, 5.74) is 6.24. The van der Waals surface area contributed by atoms with Gasteiger partial charge in [0.05, 0.1) is 27.2 Å². The molecule has 1 atom stereocenters. The van der Waals surface area contributed by atoms with Gasteiger partial charge in [0.1, 0.15) is 11.5 Å². The molecule has 0 aliphatic heterocycles. The average molecular weight is 284 g/mol. The Bertz CT molecular complexity index is 521. The molecule has 0 unspecified atom stereocenters. The van der Waals surface area contributed by atoms with Crippen molar-refractivity contribution in [2.45, 2.75) is 24.3 Å². The maximum absolute atomic E-state index is 7.23. The summed E-state index contributed by atoms with van der Waals surface area (Å²) in [6.45, 7) is 1.76. The topological polar surface area (TPSA) is 44.5 Å². The summed E-state index contributed by atoms with van der Waals surface area (Å²) in [4.78, 5) is 0.476. The maximum atomic E-state index is 7.23. The Morgan fingerprint density at radius 1 is 1.35 bits per heavy atom. The molecule has 0 bridgehead atoms. The van der Waals surface area contributed by atoms with Crippen molar-refractivity contribution in [1.29, 1.82) is 0 Å². The molecule has 0 spiro atoms. The van der Waals surface area contributed by atoms with Crippen LogP contribution in [0.3, 0.4) is 0 Å². The normalized spacial score (nSPS) is 18.3. The van der Waals surface area contributed by atoms with E-state index in [-0.39, 0.29) is 29.9 Å². The lowest BCUT2D eigenvalue weighted by molar-refractivity contribution is 0.389. The molecule has 2 N–H and O–H groups in total. The number of methoxy groups -OCH3 is 2. The molecule has 1 aromatic rings. The lowest BCUT2D eigenvalue weighted by Crippen LogP contribution is -2.18. The number of rotatable bonds is 5. The zero-order chi connectivity index (χ0) is 17.1. The van der Waals surface area contributed by atoms with Crippen LogP contribution >= 0.6 is 24.2 Å². The van der Waals surface area contributed by atoms with Crippen molar-refractivity contribution in [3.05, 3.63) is 17.7 Å². The SMILES string of the molecule is Cl.[2H]C([2H])([2H])Oc1cc(SC)c(OC([2H])([2H])[2H])cc1C[C@H](C)N. The Hall–Kier alpha value is -0.580. The van der Waals surface area contributed by atoms with Gasteiger partial charge in [0.25, 0.3) is 0 Å². The molecule has 98 valence electrons. The molecular formula is C12H20ClNO2S. The summed E-state index contributed by atoms with van der Waals surface area (Å²) in [6, 6.07) is 2.69. The number of hydrogen-bond acceptors (Lipinski definition) is 4. The first kappa shape index (κ1) is 8.51. The number of halogens is 1. The summed E-state index contributed by atoms with van der Waals surface area (Å²) in [6.07, 6.45) is 2.06. The van der Waals surface area contributed by atoms with Crippen molar-refractivity contribution in [1.82, 2.24) is 0 Å².